The van der Waals surface area contributed by atoms with Crippen molar-refractivity contribution in [2.75, 3.05) is 5.32 Å². The van der Waals surface area contributed by atoms with E-state index in [1.54, 1.807) is 12.1 Å². The molecule has 1 aliphatic heterocycles. The van der Waals surface area contributed by atoms with Crippen molar-refractivity contribution in [2.45, 2.75) is 50.8 Å². The van der Waals surface area contributed by atoms with Crippen molar-refractivity contribution in [2.24, 2.45) is 5.92 Å². The van der Waals surface area contributed by atoms with Crippen molar-refractivity contribution in [3.63, 3.8) is 0 Å². The molecule has 1 heterocycles. The first-order valence-corrected chi connectivity index (χ1v) is 7.73. The lowest BCUT2D eigenvalue weighted by molar-refractivity contribution is -0.117. The van der Waals surface area contributed by atoms with Crippen LogP contribution in [0.1, 0.15) is 32.1 Å². The quantitative estimate of drug-likeness (QED) is 0.876. The third-order valence-corrected chi connectivity index (χ3v) is 4.53. The SMILES string of the molecule is Cl.O=C(Nc1ccc(OC(F)F)cc1)C1CC2CCCCC2N1. The molecule has 3 unspecified atom stereocenters. The number of carbonyl (C=O) groups is 1. The first-order chi connectivity index (χ1) is 10.6. The van der Waals surface area contributed by atoms with Crippen LogP contribution in [0.2, 0.25) is 0 Å². The molecule has 1 amide bonds. The van der Waals surface area contributed by atoms with Gasteiger partial charge in [0.05, 0.1) is 6.04 Å². The summed E-state index contributed by atoms with van der Waals surface area (Å²) in [7, 11) is 0. The molecule has 0 radical (unpaired) electrons. The van der Waals surface area contributed by atoms with Gasteiger partial charge in [-0.15, -0.1) is 12.4 Å². The molecule has 1 aromatic rings. The van der Waals surface area contributed by atoms with Crippen LogP contribution in [-0.4, -0.2) is 24.6 Å². The van der Waals surface area contributed by atoms with E-state index < -0.39 is 6.61 Å². The van der Waals surface area contributed by atoms with Crippen LogP contribution in [0.25, 0.3) is 0 Å². The van der Waals surface area contributed by atoms with Crippen molar-refractivity contribution in [3.05, 3.63) is 24.3 Å². The number of halogens is 3. The summed E-state index contributed by atoms with van der Waals surface area (Å²) in [5.74, 6) is 0.626. The van der Waals surface area contributed by atoms with E-state index in [0.29, 0.717) is 17.6 Å². The maximum atomic E-state index is 12.3. The fraction of sp³-hybridized carbons (Fsp3) is 0.562. The zero-order chi connectivity index (χ0) is 15.5. The van der Waals surface area contributed by atoms with Crippen molar-refractivity contribution in [1.82, 2.24) is 5.32 Å². The highest BCUT2D eigenvalue weighted by molar-refractivity contribution is 5.95. The summed E-state index contributed by atoms with van der Waals surface area (Å²) < 4.78 is 28.4. The maximum Gasteiger partial charge on any atom is 0.387 e. The number of amides is 1. The lowest BCUT2D eigenvalue weighted by atomic mass is 9.85. The average Bonchev–Trinajstić information content (AvgIpc) is 2.93. The summed E-state index contributed by atoms with van der Waals surface area (Å²) in [5, 5.41) is 6.24. The summed E-state index contributed by atoms with van der Waals surface area (Å²) in [6.07, 6.45) is 5.70. The second kappa shape index (κ2) is 7.93. The van der Waals surface area contributed by atoms with Crippen LogP contribution >= 0.6 is 12.4 Å². The predicted octanol–water partition coefficient (Wildman–Crippen LogP) is 3.57. The molecule has 0 spiro atoms. The van der Waals surface area contributed by atoms with E-state index in [1.165, 1.54) is 31.4 Å². The second-order valence-electron chi connectivity index (χ2n) is 6.00. The van der Waals surface area contributed by atoms with Gasteiger partial charge >= 0.3 is 6.61 Å². The Bertz CT molecular complexity index is 513. The zero-order valence-corrected chi connectivity index (χ0v) is 13.5. The van der Waals surface area contributed by atoms with Gasteiger partial charge in [0, 0.05) is 11.7 Å². The summed E-state index contributed by atoms with van der Waals surface area (Å²) >= 11 is 0. The van der Waals surface area contributed by atoms with Crippen molar-refractivity contribution in [1.29, 1.82) is 0 Å². The molecule has 7 heteroatoms. The third kappa shape index (κ3) is 4.54. The number of benzene rings is 1. The molecule has 1 aromatic carbocycles. The van der Waals surface area contributed by atoms with Gasteiger partial charge in [0.1, 0.15) is 5.75 Å². The molecule has 3 rings (SSSR count). The molecule has 128 valence electrons. The summed E-state index contributed by atoms with van der Waals surface area (Å²) in [5.41, 5.74) is 0.586. The predicted molar refractivity (Wildman–Crippen MR) is 86.2 cm³/mol. The van der Waals surface area contributed by atoms with Crippen LogP contribution in [0.4, 0.5) is 14.5 Å². The smallest absolute Gasteiger partial charge is 0.387 e. The van der Waals surface area contributed by atoms with Crippen molar-refractivity contribution >= 4 is 24.0 Å². The molecule has 2 aliphatic rings. The minimum atomic E-state index is -2.84. The Morgan fingerprint density at radius 3 is 2.57 bits per heavy atom. The standard InChI is InChI=1S/C16H20F2N2O2.ClH/c17-16(18)22-12-7-5-11(6-8-12)19-15(21)14-9-10-3-1-2-4-13(10)20-14;/h5-8,10,13-14,16,20H,1-4,9H2,(H,19,21);1H. The molecule has 1 saturated heterocycles. The topological polar surface area (TPSA) is 50.4 Å². The minimum Gasteiger partial charge on any atom is -0.435 e. The number of hydrogen-bond acceptors (Lipinski definition) is 3. The molecule has 2 N–H and O–H groups in total. The summed E-state index contributed by atoms with van der Waals surface area (Å²) in [6, 6.07) is 6.28. The van der Waals surface area contributed by atoms with Gasteiger partial charge in [0.15, 0.2) is 0 Å². The Morgan fingerprint density at radius 2 is 1.91 bits per heavy atom. The molecule has 0 aromatic heterocycles. The van der Waals surface area contributed by atoms with E-state index >= 15 is 0 Å². The number of ether oxygens (including phenoxy) is 1. The van der Waals surface area contributed by atoms with Crippen LogP contribution in [-0.2, 0) is 4.79 Å². The summed E-state index contributed by atoms with van der Waals surface area (Å²) in [4.78, 5) is 12.3. The Hall–Kier alpha value is -1.40. The first kappa shape index (κ1) is 17.9. The van der Waals surface area contributed by atoms with Crippen molar-refractivity contribution in [3.8, 4) is 5.75 Å². The van der Waals surface area contributed by atoms with E-state index in [9.17, 15) is 13.6 Å². The third-order valence-electron chi connectivity index (χ3n) is 4.53. The second-order valence-corrected chi connectivity index (χ2v) is 6.00. The number of anilines is 1. The Morgan fingerprint density at radius 1 is 1.22 bits per heavy atom. The highest BCUT2D eigenvalue weighted by Crippen LogP contribution is 2.33. The minimum absolute atomic E-state index is 0. The van der Waals surface area contributed by atoms with E-state index in [-0.39, 0.29) is 30.1 Å². The highest BCUT2D eigenvalue weighted by Gasteiger charge is 2.38. The molecule has 4 nitrogen and oxygen atoms in total. The number of nitrogens with one attached hydrogen (secondary N) is 2. The number of hydrogen-bond donors (Lipinski definition) is 2. The van der Waals surface area contributed by atoms with Gasteiger partial charge < -0.3 is 15.4 Å². The zero-order valence-electron chi connectivity index (χ0n) is 12.6. The number of alkyl halides is 2. The van der Waals surface area contributed by atoms with E-state index in [2.05, 4.69) is 15.4 Å². The van der Waals surface area contributed by atoms with E-state index in [1.807, 2.05) is 0 Å². The molecule has 1 aliphatic carbocycles. The monoisotopic (exact) mass is 346 g/mol. The van der Waals surface area contributed by atoms with Crippen LogP contribution in [0.15, 0.2) is 24.3 Å². The van der Waals surface area contributed by atoms with Crippen LogP contribution in [0.3, 0.4) is 0 Å². The molecular weight excluding hydrogens is 326 g/mol. The largest absolute Gasteiger partial charge is 0.435 e. The number of rotatable bonds is 4. The van der Waals surface area contributed by atoms with Gasteiger partial charge in [-0.1, -0.05) is 12.8 Å². The average molecular weight is 347 g/mol. The van der Waals surface area contributed by atoms with Gasteiger partial charge in [0.25, 0.3) is 0 Å². The lowest BCUT2D eigenvalue weighted by Crippen LogP contribution is -2.39. The first-order valence-electron chi connectivity index (χ1n) is 7.73. The summed E-state index contributed by atoms with van der Waals surface area (Å²) in [6.45, 7) is -2.84. The van der Waals surface area contributed by atoms with Crippen LogP contribution in [0.5, 0.6) is 5.75 Å². The molecule has 3 atom stereocenters. The molecule has 23 heavy (non-hydrogen) atoms. The molecule has 0 bridgehead atoms. The van der Waals surface area contributed by atoms with Crippen LogP contribution in [0, 0.1) is 5.92 Å². The fourth-order valence-corrected chi connectivity index (χ4v) is 3.47. The Kier molecular flexibility index (Phi) is 6.18. The number of fused-ring (bicyclic) bond motifs is 1. The Labute approximate surface area is 140 Å². The van der Waals surface area contributed by atoms with Gasteiger partial charge in [-0.3, -0.25) is 4.79 Å². The highest BCUT2D eigenvalue weighted by atomic mass is 35.5. The lowest BCUT2D eigenvalue weighted by Gasteiger charge is -2.24. The normalized spacial score (nSPS) is 26.3. The molecule has 1 saturated carbocycles. The van der Waals surface area contributed by atoms with Crippen LogP contribution < -0.4 is 15.4 Å². The van der Waals surface area contributed by atoms with Gasteiger partial charge in [-0.25, -0.2) is 0 Å². The molecule has 2 fully saturated rings. The van der Waals surface area contributed by atoms with Gasteiger partial charge in [-0.05, 0) is 49.4 Å². The maximum absolute atomic E-state index is 12.3. The van der Waals surface area contributed by atoms with E-state index in [4.69, 9.17) is 0 Å². The van der Waals surface area contributed by atoms with Gasteiger partial charge in [0.2, 0.25) is 5.91 Å². The Balaban J connectivity index is 0.00000192. The van der Waals surface area contributed by atoms with Crippen molar-refractivity contribution < 1.29 is 18.3 Å². The molecular formula is C16H21ClF2N2O2. The van der Waals surface area contributed by atoms with Gasteiger partial charge in [-0.2, -0.15) is 8.78 Å². The fourth-order valence-electron chi connectivity index (χ4n) is 3.47. The number of carbonyl (C=O) groups excluding carboxylic acids is 1. The van der Waals surface area contributed by atoms with E-state index in [0.717, 1.165) is 12.8 Å².